The van der Waals surface area contributed by atoms with Gasteiger partial charge in [-0.1, -0.05) is 12.2 Å². The monoisotopic (exact) mass is 126 g/mol. The van der Waals surface area contributed by atoms with Crippen molar-refractivity contribution < 1.29 is 4.79 Å². The molecule has 50 valence electrons. The second-order valence-electron chi connectivity index (χ2n) is 2.10. The Hall–Kier alpha value is -0.830. The molecule has 1 unspecified atom stereocenters. The zero-order valence-corrected chi connectivity index (χ0v) is 5.13. The molecule has 0 fully saturated rings. The summed E-state index contributed by atoms with van der Waals surface area (Å²) < 4.78 is 0. The number of nitrogens with one attached hydrogen (secondary N) is 1. The summed E-state index contributed by atoms with van der Waals surface area (Å²) in [5.41, 5.74) is 5.04. The van der Waals surface area contributed by atoms with Crippen molar-refractivity contribution in [3.63, 3.8) is 0 Å². The van der Waals surface area contributed by atoms with E-state index in [2.05, 4.69) is 5.32 Å². The number of hydrogen-bond donors (Lipinski definition) is 2. The van der Waals surface area contributed by atoms with Crippen molar-refractivity contribution in [3.05, 3.63) is 12.2 Å². The molecule has 1 aliphatic heterocycles. The van der Waals surface area contributed by atoms with E-state index in [1.165, 1.54) is 0 Å². The van der Waals surface area contributed by atoms with Crippen molar-refractivity contribution in [3.8, 4) is 0 Å². The lowest BCUT2D eigenvalue weighted by atomic mass is 10.1. The molecule has 3 heteroatoms. The first-order valence-electron chi connectivity index (χ1n) is 2.97. The lowest BCUT2D eigenvalue weighted by Crippen LogP contribution is -2.34. The zero-order chi connectivity index (χ0) is 6.69. The van der Waals surface area contributed by atoms with Gasteiger partial charge >= 0.3 is 0 Å². The van der Waals surface area contributed by atoms with E-state index in [0.29, 0.717) is 6.54 Å². The van der Waals surface area contributed by atoms with E-state index in [0.717, 1.165) is 6.54 Å². The fraction of sp³-hybridized carbons (Fsp3) is 0.500. The molecule has 1 aliphatic rings. The van der Waals surface area contributed by atoms with Crippen LogP contribution in [-0.2, 0) is 4.79 Å². The van der Waals surface area contributed by atoms with Gasteiger partial charge in [-0.2, -0.15) is 0 Å². The van der Waals surface area contributed by atoms with Crippen LogP contribution in [0.4, 0.5) is 0 Å². The van der Waals surface area contributed by atoms with Crippen LogP contribution in [0.2, 0.25) is 0 Å². The topological polar surface area (TPSA) is 55.1 Å². The van der Waals surface area contributed by atoms with E-state index in [1.54, 1.807) is 0 Å². The molecule has 0 aliphatic carbocycles. The Morgan fingerprint density at radius 2 is 2.56 bits per heavy atom. The Kier molecular flexibility index (Phi) is 1.85. The summed E-state index contributed by atoms with van der Waals surface area (Å²) >= 11 is 0. The van der Waals surface area contributed by atoms with Gasteiger partial charge in [-0.15, -0.1) is 0 Å². The molecule has 0 bridgehead atoms. The van der Waals surface area contributed by atoms with Crippen molar-refractivity contribution in [2.24, 2.45) is 11.7 Å². The summed E-state index contributed by atoms with van der Waals surface area (Å²) in [4.78, 5) is 10.5. The first kappa shape index (κ1) is 6.29. The van der Waals surface area contributed by atoms with Gasteiger partial charge in [0.05, 0.1) is 5.92 Å². The van der Waals surface area contributed by atoms with Crippen LogP contribution in [0.5, 0.6) is 0 Å². The van der Waals surface area contributed by atoms with Crippen molar-refractivity contribution in [2.45, 2.75) is 0 Å². The van der Waals surface area contributed by atoms with Crippen molar-refractivity contribution in [1.82, 2.24) is 5.32 Å². The van der Waals surface area contributed by atoms with E-state index in [9.17, 15) is 4.79 Å². The maximum atomic E-state index is 10.5. The van der Waals surface area contributed by atoms with E-state index in [-0.39, 0.29) is 11.8 Å². The van der Waals surface area contributed by atoms with Gasteiger partial charge in [-0.25, -0.2) is 0 Å². The molecule has 3 nitrogen and oxygen atoms in total. The van der Waals surface area contributed by atoms with Crippen LogP contribution in [0.1, 0.15) is 0 Å². The van der Waals surface area contributed by atoms with Crippen LogP contribution in [0.3, 0.4) is 0 Å². The number of amides is 1. The molecule has 1 rings (SSSR count). The van der Waals surface area contributed by atoms with E-state index < -0.39 is 0 Å². The Bertz CT molecular complexity index is 142. The number of carbonyl (C=O) groups is 1. The molecule has 1 heterocycles. The molecule has 1 amide bonds. The lowest BCUT2D eigenvalue weighted by molar-refractivity contribution is -0.120. The highest BCUT2D eigenvalue weighted by molar-refractivity contribution is 5.78. The highest BCUT2D eigenvalue weighted by atomic mass is 16.1. The predicted molar refractivity (Wildman–Crippen MR) is 34.7 cm³/mol. The predicted octanol–water partition coefficient (Wildman–Crippen LogP) is -0.753. The van der Waals surface area contributed by atoms with Gasteiger partial charge in [0.2, 0.25) is 5.91 Å². The molecule has 3 N–H and O–H groups in total. The van der Waals surface area contributed by atoms with Gasteiger partial charge < -0.3 is 11.1 Å². The third kappa shape index (κ3) is 1.54. The molecule has 0 aromatic rings. The van der Waals surface area contributed by atoms with Gasteiger partial charge in [0, 0.05) is 13.1 Å². The summed E-state index contributed by atoms with van der Waals surface area (Å²) in [5, 5.41) is 3.03. The maximum Gasteiger partial charge on any atom is 0.225 e. The van der Waals surface area contributed by atoms with E-state index >= 15 is 0 Å². The SMILES string of the molecule is NC(=O)C1C=CCNC1. The van der Waals surface area contributed by atoms with Gasteiger partial charge in [-0.3, -0.25) is 4.79 Å². The Morgan fingerprint density at radius 3 is 2.89 bits per heavy atom. The molecule has 0 saturated carbocycles. The van der Waals surface area contributed by atoms with Crippen LogP contribution in [0, 0.1) is 5.92 Å². The Balaban J connectivity index is 2.50. The quantitative estimate of drug-likeness (QED) is 0.454. The average molecular weight is 126 g/mol. The first-order chi connectivity index (χ1) is 4.30. The summed E-state index contributed by atoms with van der Waals surface area (Å²) in [6, 6.07) is 0. The largest absolute Gasteiger partial charge is 0.369 e. The Labute approximate surface area is 53.9 Å². The van der Waals surface area contributed by atoms with Gasteiger partial charge in [-0.05, 0) is 0 Å². The molecule has 0 saturated heterocycles. The third-order valence-corrected chi connectivity index (χ3v) is 1.36. The van der Waals surface area contributed by atoms with Crippen LogP contribution in [0.15, 0.2) is 12.2 Å². The van der Waals surface area contributed by atoms with Crippen LogP contribution >= 0.6 is 0 Å². The number of rotatable bonds is 1. The summed E-state index contributed by atoms with van der Waals surface area (Å²) in [7, 11) is 0. The first-order valence-corrected chi connectivity index (χ1v) is 2.97. The molecule has 1 atom stereocenters. The Morgan fingerprint density at radius 1 is 1.78 bits per heavy atom. The highest BCUT2D eigenvalue weighted by Crippen LogP contribution is 1.98. The molecule has 0 spiro atoms. The van der Waals surface area contributed by atoms with Crippen LogP contribution in [-0.4, -0.2) is 19.0 Å². The standard InChI is InChI=1S/C6H10N2O/c7-6(9)5-2-1-3-8-4-5/h1-2,5,8H,3-4H2,(H2,7,9). The summed E-state index contributed by atoms with van der Waals surface area (Å²) in [5.74, 6) is -0.350. The van der Waals surface area contributed by atoms with Crippen LogP contribution < -0.4 is 11.1 Å². The third-order valence-electron chi connectivity index (χ3n) is 1.36. The fourth-order valence-corrected chi connectivity index (χ4v) is 0.818. The molecular formula is C6H10N2O. The number of nitrogens with two attached hydrogens (primary N) is 1. The highest BCUT2D eigenvalue weighted by Gasteiger charge is 2.12. The van der Waals surface area contributed by atoms with E-state index in [1.807, 2.05) is 12.2 Å². The minimum absolute atomic E-state index is 0.0984. The second-order valence-corrected chi connectivity index (χ2v) is 2.10. The molecule has 0 aromatic carbocycles. The molecule has 9 heavy (non-hydrogen) atoms. The fourth-order valence-electron chi connectivity index (χ4n) is 0.818. The number of hydrogen-bond acceptors (Lipinski definition) is 2. The zero-order valence-electron chi connectivity index (χ0n) is 5.13. The van der Waals surface area contributed by atoms with E-state index in [4.69, 9.17) is 5.73 Å². The summed E-state index contributed by atoms with van der Waals surface area (Å²) in [6.45, 7) is 1.54. The maximum absolute atomic E-state index is 10.5. The molecule has 0 aromatic heterocycles. The van der Waals surface area contributed by atoms with Crippen molar-refractivity contribution in [2.75, 3.05) is 13.1 Å². The average Bonchev–Trinajstić information content (AvgIpc) is 1.90. The smallest absolute Gasteiger partial charge is 0.225 e. The van der Waals surface area contributed by atoms with Gasteiger partial charge in [0.1, 0.15) is 0 Å². The normalized spacial score (nSPS) is 26.0. The lowest BCUT2D eigenvalue weighted by Gasteiger charge is -2.12. The second kappa shape index (κ2) is 2.64. The summed E-state index contributed by atoms with van der Waals surface area (Å²) in [6.07, 6.45) is 3.76. The molecular weight excluding hydrogens is 116 g/mol. The van der Waals surface area contributed by atoms with Crippen molar-refractivity contribution in [1.29, 1.82) is 0 Å². The van der Waals surface area contributed by atoms with Crippen LogP contribution in [0.25, 0.3) is 0 Å². The van der Waals surface area contributed by atoms with Gasteiger partial charge in [0.15, 0.2) is 0 Å². The van der Waals surface area contributed by atoms with Gasteiger partial charge in [0.25, 0.3) is 0 Å². The molecule has 0 radical (unpaired) electrons. The minimum atomic E-state index is -0.251. The number of primary amides is 1. The van der Waals surface area contributed by atoms with Crippen molar-refractivity contribution >= 4 is 5.91 Å². The number of carbonyl (C=O) groups excluding carboxylic acids is 1. The minimum Gasteiger partial charge on any atom is -0.369 e.